The van der Waals surface area contributed by atoms with Gasteiger partial charge >= 0.3 is 0 Å². The summed E-state index contributed by atoms with van der Waals surface area (Å²) in [4.78, 5) is 54.5. The number of likely N-dealkylation sites (N-methyl/N-ethyl adjacent to an activating group) is 1. The highest BCUT2D eigenvalue weighted by molar-refractivity contribution is 7.17. The fourth-order valence-electron chi connectivity index (χ4n) is 8.35. The van der Waals surface area contributed by atoms with Crippen molar-refractivity contribution >= 4 is 87.9 Å². The molecule has 0 bridgehead atoms. The molecule has 1 unspecified atom stereocenters. The summed E-state index contributed by atoms with van der Waals surface area (Å²) >= 11 is 2.83. The molecule has 15 nitrogen and oxygen atoms in total. The molecule has 2 aromatic carbocycles. The van der Waals surface area contributed by atoms with Crippen molar-refractivity contribution in [2.24, 2.45) is 0 Å². The molecule has 6 aromatic heterocycles. The number of rotatable bonds is 10. The standard InChI is InChI=1S/C41H42FN11O4S2/c1-52-9-11-53(12-10-52)20-2-4-25-27(16-20)47-37(46-25)33-35(23-7-15-59-41(23)51-39(33)56)45-30-17-21(3-5-31(30)54)57-13-8-44-26-19-29-28(18-24(26)42)48-36(49-29)32-34(43)22-6-14-58-40(22)50-38(32)55/h2,4,6-7,14-16,18-19,21,30-31,44,54H,3,5,8-13,17H2,1H3,(H,46,47)(H,48,49)(H3,43,50,55)(H2,45,51,56)/t21?,30-,31+/m0/s1. The summed E-state index contributed by atoms with van der Waals surface area (Å²) in [7, 11) is 2.13. The first-order valence-corrected chi connectivity index (χ1v) is 21.4. The molecule has 1 saturated carbocycles. The van der Waals surface area contributed by atoms with Gasteiger partial charge in [-0.15, -0.1) is 22.7 Å². The summed E-state index contributed by atoms with van der Waals surface area (Å²) in [6.45, 7) is 4.47. The second kappa shape index (κ2) is 15.1. The first-order chi connectivity index (χ1) is 28.7. The molecule has 0 spiro atoms. The van der Waals surface area contributed by atoms with Gasteiger partial charge in [0.05, 0.1) is 64.0 Å². The monoisotopic (exact) mass is 835 g/mol. The molecule has 10 rings (SSSR count). The topological polar surface area (TPSA) is 209 Å². The zero-order valence-corrected chi connectivity index (χ0v) is 33.7. The quantitative estimate of drug-likeness (QED) is 0.0764. The van der Waals surface area contributed by atoms with Crippen LogP contribution in [0.4, 0.5) is 27.1 Å². The molecule has 8 aromatic rings. The molecule has 9 N–H and O–H groups in total. The number of thiophene rings is 2. The van der Waals surface area contributed by atoms with Crippen LogP contribution in [0.25, 0.3) is 65.3 Å². The third kappa shape index (κ3) is 6.99. The van der Waals surface area contributed by atoms with E-state index in [0.29, 0.717) is 64.4 Å². The lowest BCUT2D eigenvalue weighted by molar-refractivity contribution is -0.00502. The molecule has 304 valence electrons. The van der Waals surface area contributed by atoms with Crippen molar-refractivity contribution < 1.29 is 14.2 Å². The van der Waals surface area contributed by atoms with Crippen molar-refractivity contribution in [3.8, 4) is 22.8 Å². The van der Waals surface area contributed by atoms with Crippen molar-refractivity contribution in [1.82, 2.24) is 34.8 Å². The molecule has 1 aliphatic carbocycles. The Bertz CT molecular complexity index is 2980. The minimum absolute atomic E-state index is 0.188. The second-order valence-corrected chi connectivity index (χ2v) is 17.2. The Morgan fingerprint density at radius 1 is 0.881 bits per heavy atom. The highest BCUT2D eigenvalue weighted by Crippen LogP contribution is 2.37. The molecular formula is C41H42FN11O4S2. The number of halogens is 1. The SMILES string of the molecule is CN1CCN(c2ccc3nc(-c4c(N[C@H]5CC(OCCNc6cc7[nH]c(-c8c(N)c9ccsc9[nH]c8=O)nc7cc6F)CC[C@H]5O)c5ccsc5[nH]c4=O)[nH]c3c2)CC1. The summed E-state index contributed by atoms with van der Waals surface area (Å²) in [6, 6.07) is 12.5. The zero-order chi connectivity index (χ0) is 40.4. The second-order valence-electron chi connectivity index (χ2n) is 15.3. The third-order valence-corrected chi connectivity index (χ3v) is 13.2. The normalized spacial score (nSPS) is 19.1. The number of anilines is 4. The van der Waals surface area contributed by atoms with E-state index in [1.54, 1.807) is 6.07 Å². The largest absolute Gasteiger partial charge is 0.397 e. The third-order valence-electron chi connectivity index (χ3n) is 11.6. The first kappa shape index (κ1) is 37.5. The molecule has 59 heavy (non-hydrogen) atoms. The number of fused-ring (bicyclic) bond motifs is 4. The lowest BCUT2D eigenvalue weighted by Crippen LogP contribution is -2.44. The van der Waals surface area contributed by atoms with E-state index in [1.165, 1.54) is 28.7 Å². The van der Waals surface area contributed by atoms with Crippen LogP contribution in [-0.2, 0) is 4.74 Å². The van der Waals surface area contributed by atoms with Crippen LogP contribution in [0, 0.1) is 5.82 Å². The summed E-state index contributed by atoms with van der Waals surface area (Å²) in [5, 5.41) is 23.3. The number of nitrogen functional groups attached to an aromatic ring is 1. The Hall–Kier alpha value is -5.79. The van der Waals surface area contributed by atoms with Gasteiger partial charge in [-0.2, -0.15) is 0 Å². The average Bonchev–Trinajstić information content (AvgIpc) is 4.04. The predicted octanol–water partition coefficient (Wildman–Crippen LogP) is 5.87. The Balaban J connectivity index is 0.830. The lowest BCUT2D eigenvalue weighted by Gasteiger charge is -2.35. The molecule has 3 atom stereocenters. The Labute approximate surface area is 343 Å². The smallest absolute Gasteiger partial charge is 0.262 e. The number of aromatic amines is 4. The maximum Gasteiger partial charge on any atom is 0.262 e. The van der Waals surface area contributed by atoms with Crippen LogP contribution >= 0.6 is 22.7 Å². The number of pyridine rings is 2. The van der Waals surface area contributed by atoms with E-state index in [-0.39, 0.29) is 40.9 Å². The number of benzene rings is 2. The molecule has 1 saturated heterocycles. The number of imidazole rings is 2. The van der Waals surface area contributed by atoms with Gasteiger partial charge in [-0.25, -0.2) is 14.4 Å². The summed E-state index contributed by atoms with van der Waals surface area (Å²) < 4.78 is 21.5. The van der Waals surface area contributed by atoms with Crippen molar-refractivity contribution in [2.45, 2.75) is 37.5 Å². The molecule has 18 heteroatoms. The minimum atomic E-state index is -0.672. The Morgan fingerprint density at radius 2 is 1.58 bits per heavy atom. The number of H-pyrrole nitrogens is 4. The van der Waals surface area contributed by atoms with Gasteiger partial charge in [-0.3, -0.25) is 9.59 Å². The number of hydrogen-bond acceptors (Lipinski definition) is 13. The van der Waals surface area contributed by atoms with E-state index in [1.807, 2.05) is 29.0 Å². The van der Waals surface area contributed by atoms with Crippen LogP contribution in [-0.4, -0.2) is 105 Å². The number of nitrogens with one attached hydrogen (secondary N) is 6. The van der Waals surface area contributed by atoms with E-state index in [4.69, 9.17) is 15.5 Å². The van der Waals surface area contributed by atoms with E-state index in [9.17, 15) is 14.7 Å². The molecule has 1 aliphatic heterocycles. The fraction of sp³-hybridized carbons (Fsp3) is 0.317. The number of hydrogen-bond donors (Lipinski definition) is 8. The number of nitrogens with two attached hydrogens (primary N) is 1. The van der Waals surface area contributed by atoms with Crippen LogP contribution in [0.2, 0.25) is 0 Å². The number of piperazine rings is 1. The maximum atomic E-state index is 15.3. The number of nitrogens with zero attached hydrogens (tertiary/aromatic N) is 4. The summed E-state index contributed by atoms with van der Waals surface area (Å²) in [5.41, 5.74) is 11.1. The van der Waals surface area contributed by atoms with Crippen LogP contribution < -0.4 is 32.4 Å². The average molecular weight is 836 g/mol. The molecule has 7 heterocycles. The van der Waals surface area contributed by atoms with Gasteiger partial charge in [0.2, 0.25) is 0 Å². The van der Waals surface area contributed by atoms with Crippen molar-refractivity contribution in [2.75, 3.05) is 67.6 Å². The first-order valence-electron chi connectivity index (χ1n) is 19.6. The van der Waals surface area contributed by atoms with Crippen molar-refractivity contribution in [3.63, 3.8) is 0 Å². The number of aromatic nitrogens is 6. The highest BCUT2D eigenvalue weighted by atomic mass is 32.1. The summed E-state index contributed by atoms with van der Waals surface area (Å²) in [6.07, 6.45) is 0.775. The fourth-order valence-corrected chi connectivity index (χ4v) is 9.94. The van der Waals surface area contributed by atoms with E-state index in [0.717, 1.165) is 58.5 Å². The van der Waals surface area contributed by atoms with Gasteiger partial charge in [0.25, 0.3) is 11.1 Å². The predicted molar refractivity (Wildman–Crippen MR) is 235 cm³/mol. The van der Waals surface area contributed by atoms with Gasteiger partial charge in [0, 0.05) is 55.2 Å². The van der Waals surface area contributed by atoms with E-state index < -0.39 is 18.0 Å². The number of ether oxygens (including phenoxy) is 1. The van der Waals surface area contributed by atoms with Gasteiger partial charge in [-0.1, -0.05) is 0 Å². The van der Waals surface area contributed by atoms with Crippen LogP contribution in [0.1, 0.15) is 19.3 Å². The number of aliphatic hydroxyl groups is 1. The Kier molecular flexibility index (Phi) is 9.59. The van der Waals surface area contributed by atoms with Gasteiger partial charge in [0.1, 0.15) is 38.3 Å². The number of aliphatic hydroxyl groups excluding tert-OH is 1. The molecule has 0 amide bonds. The van der Waals surface area contributed by atoms with Crippen LogP contribution in [0.3, 0.4) is 0 Å². The molecule has 2 fully saturated rings. The van der Waals surface area contributed by atoms with Gasteiger partial charge in [-0.05, 0) is 73.5 Å². The van der Waals surface area contributed by atoms with E-state index in [2.05, 4.69) is 64.5 Å². The Morgan fingerprint density at radius 3 is 2.37 bits per heavy atom. The van der Waals surface area contributed by atoms with E-state index >= 15 is 4.39 Å². The maximum absolute atomic E-state index is 15.3. The molecular weight excluding hydrogens is 794 g/mol. The van der Waals surface area contributed by atoms with Crippen molar-refractivity contribution in [3.05, 3.63) is 79.7 Å². The lowest BCUT2D eigenvalue weighted by atomic mass is 9.89. The van der Waals surface area contributed by atoms with Crippen LogP contribution in [0.15, 0.2) is 62.8 Å². The van der Waals surface area contributed by atoms with Gasteiger partial charge in [0.15, 0.2) is 0 Å². The zero-order valence-electron chi connectivity index (χ0n) is 32.0. The minimum Gasteiger partial charge on any atom is -0.397 e. The molecule has 2 aliphatic rings. The van der Waals surface area contributed by atoms with Gasteiger partial charge < -0.3 is 55.9 Å². The molecule has 0 radical (unpaired) electrons. The van der Waals surface area contributed by atoms with Crippen molar-refractivity contribution in [1.29, 1.82) is 0 Å². The highest BCUT2D eigenvalue weighted by Gasteiger charge is 2.32. The summed E-state index contributed by atoms with van der Waals surface area (Å²) in [5.74, 6) is 0.212. The van der Waals surface area contributed by atoms with Crippen LogP contribution in [0.5, 0.6) is 0 Å².